The van der Waals surface area contributed by atoms with Crippen LogP contribution in [-0.4, -0.2) is 45.9 Å². The van der Waals surface area contributed by atoms with Crippen LogP contribution < -0.4 is 5.32 Å². The minimum atomic E-state index is -0.221. The monoisotopic (exact) mass is 332 g/mol. The molecule has 0 aliphatic heterocycles. The van der Waals surface area contributed by atoms with E-state index in [-0.39, 0.29) is 12.6 Å². The lowest BCUT2D eigenvalue weighted by Crippen LogP contribution is -2.37. The molecule has 1 aromatic carbocycles. The first-order chi connectivity index (χ1) is 11.6. The molecule has 0 spiro atoms. The smallest absolute Gasteiger partial charge is 0.321 e. The third-order valence-electron chi connectivity index (χ3n) is 3.59. The molecule has 1 heterocycles. The van der Waals surface area contributed by atoms with Crippen molar-refractivity contribution < 1.29 is 14.4 Å². The first-order valence-corrected chi connectivity index (χ1v) is 8.21. The van der Waals surface area contributed by atoms with E-state index in [4.69, 9.17) is 9.63 Å². The van der Waals surface area contributed by atoms with Crippen molar-refractivity contribution >= 4 is 11.7 Å². The maximum absolute atomic E-state index is 12.4. The quantitative estimate of drug-likeness (QED) is 0.725. The van der Waals surface area contributed by atoms with Gasteiger partial charge in [0, 0.05) is 31.3 Å². The van der Waals surface area contributed by atoms with Crippen molar-refractivity contribution in [1.82, 2.24) is 15.0 Å². The molecule has 2 amide bonds. The van der Waals surface area contributed by atoms with Crippen molar-refractivity contribution in [2.24, 2.45) is 0 Å². The minimum absolute atomic E-state index is 0.0538. The van der Waals surface area contributed by atoms with Gasteiger partial charge in [0.1, 0.15) is 0 Å². The summed E-state index contributed by atoms with van der Waals surface area (Å²) in [5.74, 6) is 0.975. The van der Waals surface area contributed by atoms with Crippen LogP contribution in [-0.2, 0) is 0 Å². The van der Waals surface area contributed by atoms with Gasteiger partial charge in [-0.2, -0.15) is 4.98 Å². The third-order valence-corrected chi connectivity index (χ3v) is 3.59. The molecule has 7 nitrogen and oxygen atoms in total. The number of aryl methyl sites for hydroxylation is 1. The zero-order valence-electron chi connectivity index (χ0n) is 14.2. The van der Waals surface area contributed by atoms with Gasteiger partial charge in [0.15, 0.2) is 0 Å². The molecule has 2 rings (SSSR count). The number of hydrogen-bond donors (Lipinski definition) is 2. The molecule has 130 valence electrons. The Labute approximate surface area is 141 Å². The molecule has 1 aromatic heterocycles. The number of nitrogens with zero attached hydrogens (tertiary/aromatic N) is 3. The number of urea groups is 1. The van der Waals surface area contributed by atoms with E-state index in [1.54, 1.807) is 24.0 Å². The highest BCUT2D eigenvalue weighted by atomic mass is 16.5. The molecule has 0 atom stereocenters. The van der Waals surface area contributed by atoms with E-state index < -0.39 is 0 Å². The van der Waals surface area contributed by atoms with Crippen LogP contribution in [0.2, 0.25) is 0 Å². The van der Waals surface area contributed by atoms with Crippen molar-refractivity contribution in [2.75, 3.05) is 25.0 Å². The fourth-order valence-electron chi connectivity index (χ4n) is 2.34. The maximum atomic E-state index is 12.4. The largest absolute Gasteiger partial charge is 0.395 e. The van der Waals surface area contributed by atoms with Crippen LogP contribution in [0.3, 0.4) is 0 Å². The summed E-state index contributed by atoms with van der Waals surface area (Å²) in [5.41, 5.74) is 1.42. The number of hydrogen-bond acceptors (Lipinski definition) is 5. The second kappa shape index (κ2) is 9.02. The highest BCUT2D eigenvalue weighted by Gasteiger charge is 2.13. The van der Waals surface area contributed by atoms with Crippen molar-refractivity contribution in [3.05, 3.63) is 30.2 Å². The molecule has 0 aliphatic carbocycles. The van der Waals surface area contributed by atoms with Crippen molar-refractivity contribution in [1.29, 1.82) is 0 Å². The number of amides is 2. The first-order valence-electron chi connectivity index (χ1n) is 8.21. The van der Waals surface area contributed by atoms with Gasteiger partial charge >= 0.3 is 6.03 Å². The van der Waals surface area contributed by atoms with Crippen molar-refractivity contribution in [3.63, 3.8) is 0 Å². The number of nitrogens with one attached hydrogen (secondary N) is 1. The van der Waals surface area contributed by atoms with Crippen molar-refractivity contribution in [2.45, 2.75) is 33.1 Å². The Morgan fingerprint density at radius 1 is 1.33 bits per heavy atom. The van der Waals surface area contributed by atoms with Gasteiger partial charge in [0.25, 0.3) is 0 Å². The minimum Gasteiger partial charge on any atom is -0.395 e. The van der Waals surface area contributed by atoms with Crippen LogP contribution in [0.25, 0.3) is 11.4 Å². The summed E-state index contributed by atoms with van der Waals surface area (Å²) in [5, 5.41) is 15.9. The van der Waals surface area contributed by atoms with Gasteiger partial charge in [-0.3, -0.25) is 0 Å². The molecule has 0 radical (unpaired) electrons. The van der Waals surface area contributed by atoms with Gasteiger partial charge in [-0.25, -0.2) is 4.79 Å². The van der Waals surface area contributed by atoms with E-state index in [1.807, 2.05) is 12.1 Å². The Balaban J connectivity index is 2.04. The number of aromatic nitrogens is 2. The van der Waals surface area contributed by atoms with E-state index in [2.05, 4.69) is 22.4 Å². The third kappa shape index (κ3) is 5.06. The molecule has 24 heavy (non-hydrogen) atoms. The van der Waals surface area contributed by atoms with Gasteiger partial charge in [-0.05, 0) is 18.6 Å². The highest BCUT2D eigenvalue weighted by molar-refractivity contribution is 5.90. The van der Waals surface area contributed by atoms with E-state index in [0.29, 0.717) is 30.5 Å². The summed E-state index contributed by atoms with van der Waals surface area (Å²) < 4.78 is 4.98. The van der Waals surface area contributed by atoms with Gasteiger partial charge in [-0.1, -0.05) is 37.1 Å². The summed E-state index contributed by atoms with van der Waals surface area (Å²) in [7, 11) is 0. The van der Waals surface area contributed by atoms with Gasteiger partial charge in [0.2, 0.25) is 11.7 Å². The molecule has 0 fully saturated rings. The number of benzene rings is 1. The highest BCUT2D eigenvalue weighted by Crippen LogP contribution is 2.20. The normalized spacial score (nSPS) is 10.6. The lowest BCUT2D eigenvalue weighted by Gasteiger charge is -2.22. The number of carbonyl (C=O) groups is 1. The Kier molecular flexibility index (Phi) is 6.74. The van der Waals surface area contributed by atoms with E-state index in [9.17, 15) is 4.79 Å². The molecule has 2 N–H and O–H groups in total. The number of rotatable bonds is 8. The van der Waals surface area contributed by atoms with E-state index in [0.717, 1.165) is 24.8 Å². The average Bonchev–Trinajstić information content (AvgIpc) is 3.01. The van der Waals surface area contributed by atoms with E-state index in [1.165, 1.54) is 0 Å². The average molecular weight is 332 g/mol. The Morgan fingerprint density at radius 3 is 2.83 bits per heavy atom. The number of anilines is 1. The Bertz CT molecular complexity index is 657. The second-order valence-corrected chi connectivity index (χ2v) is 5.57. The molecule has 2 aromatic rings. The molecule has 0 aliphatic rings. The Hall–Kier alpha value is -2.41. The summed E-state index contributed by atoms with van der Waals surface area (Å²) in [6.45, 7) is 4.73. The van der Waals surface area contributed by atoms with Gasteiger partial charge in [-0.15, -0.1) is 0 Å². The van der Waals surface area contributed by atoms with Gasteiger partial charge < -0.3 is 19.8 Å². The standard InChI is InChI=1S/C17H24N4O3/c1-3-4-5-9-21(10-11-22)17(23)19-15-8-6-7-14(12-15)16-18-13(2)24-20-16/h6-8,12,22H,3-5,9-11H2,1-2H3,(H,19,23). The second-order valence-electron chi connectivity index (χ2n) is 5.57. The maximum Gasteiger partial charge on any atom is 0.321 e. The molecule has 0 saturated carbocycles. The Morgan fingerprint density at radius 2 is 2.17 bits per heavy atom. The zero-order valence-corrected chi connectivity index (χ0v) is 14.2. The summed E-state index contributed by atoms with van der Waals surface area (Å²) >= 11 is 0. The summed E-state index contributed by atoms with van der Waals surface area (Å²) in [6.07, 6.45) is 3.06. The molecule has 0 unspecified atom stereocenters. The molecule has 0 saturated heterocycles. The molecular formula is C17H24N4O3. The van der Waals surface area contributed by atoms with Crippen LogP contribution in [0, 0.1) is 6.92 Å². The molecule has 7 heteroatoms. The molecule has 0 bridgehead atoms. The van der Waals surface area contributed by atoms with Crippen LogP contribution in [0.15, 0.2) is 28.8 Å². The predicted octanol–water partition coefficient (Wildman–Crippen LogP) is 3.06. The van der Waals surface area contributed by atoms with Crippen LogP contribution in [0.4, 0.5) is 10.5 Å². The predicted molar refractivity (Wildman–Crippen MR) is 91.7 cm³/mol. The number of aliphatic hydroxyl groups excluding tert-OH is 1. The van der Waals surface area contributed by atoms with E-state index >= 15 is 0 Å². The van der Waals surface area contributed by atoms with Crippen LogP contribution in [0.5, 0.6) is 0 Å². The number of unbranched alkanes of at least 4 members (excludes halogenated alkanes) is 2. The summed E-state index contributed by atoms with van der Waals surface area (Å²) in [6, 6.07) is 7.06. The van der Waals surface area contributed by atoms with Crippen LogP contribution in [0.1, 0.15) is 32.1 Å². The number of aliphatic hydroxyl groups is 1. The molecular weight excluding hydrogens is 308 g/mol. The van der Waals surface area contributed by atoms with Crippen LogP contribution >= 0.6 is 0 Å². The fraction of sp³-hybridized carbons (Fsp3) is 0.471. The summed E-state index contributed by atoms with van der Waals surface area (Å²) in [4.78, 5) is 18.2. The zero-order chi connectivity index (χ0) is 17.4. The van der Waals surface area contributed by atoms with Crippen molar-refractivity contribution in [3.8, 4) is 11.4 Å². The first kappa shape index (κ1) is 17.9. The lowest BCUT2D eigenvalue weighted by molar-refractivity contribution is 0.187. The van der Waals surface area contributed by atoms with Gasteiger partial charge in [0.05, 0.1) is 6.61 Å². The SMILES string of the molecule is CCCCCN(CCO)C(=O)Nc1cccc(-c2noc(C)n2)c1. The number of carbonyl (C=O) groups excluding carboxylic acids is 1. The lowest BCUT2D eigenvalue weighted by atomic mass is 10.2. The fourth-order valence-corrected chi connectivity index (χ4v) is 2.34. The topological polar surface area (TPSA) is 91.5 Å².